The van der Waals surface area contributed by atoms with Crippen molar-refractivity contribution in [3.63, 3.8) is 0 Å². The van der Waals surface area contributed by atoms with Gasteiger partial charge in [0.1, 0.15) is 0 Å². The minimum Gasteiger partial charge on any atom is -0.369 e. The highest BCUT2D eigenvalue weighted by Crippen LogP contribution is 2.18. The SMILES string of the molecule is CCCCC(C)n1cc(C)nc1N. The summed E-state index contributed by atoms with van der Waals surface area (Å²) in [6, 6.07) is 0.473. The van der Waals surface area contributed by atoms with Gasteiger partial charge in [-0.1, -0.05) is 19.8 Å². The van der Waals surface area contributed by atoms with Gasteiger partial charge in [0, 0.05) is 12.2 Å². The molecule has 1 heterocycles. The maximum absolute atomic E-state index is 5.77. The molecule has 13 heavy (non-hydrogen) atoms. The highest BCUT2D eigenvalue weighted by atomic mass is 15.2. The Balaban J connectivity index is 2.64. The van der Waals surface area contributed by atoms with Crippen LogP contribution >= 0.6 is 0 Å². The second-order valence-corrected chi connectivity index (χ2v) is 3.64. The Morgan fingerprint density at radius 2 is 2.31 bits per heavy atom. The van der Waals surface area contributed by atoms with Gasteiger partial charge in [-0.2, -0.15) is 0 Å². The Bertz CT molecular complexity index is 265. The first-order valence-electron chi connectivity index (χ1n) is 4.96. The van der Waals surface area contributed by atoms with Crippen molar-refractivity contribution in [3.05, 3.63) is 11.9 Å². The van der Waals surface area contributed by atoms with E-state index < -0.39 is 0 Å². The first-order valence-corrected chi connectivity index (χ1v) is 4.96. The third kappa shape index (κ3) is 2.47. The van der Waals surface area contributed by atoms with Gasteiger partial charge < -0.3 is 10.3 Å². The van der Waals surface area contributed by atoms with E-state index in [1.54, 1.807) is 0 Å². The first-order chi connectivity index (χ1) is 6.15. The number of imidazole rings is 1. The Labute approximate surface area is 80.0 Å². The van der Waals surface area contributed by atoms with Crippen molar-refractivity contribution in [2.75, 3.05) is 5.73 Å². The van der Waals surface area contributed by atoms with Crippen LogP contribution in [0.3, 0.4) is 0 Å². The zero-order valence-corrected chi connectivity index (χ0v) is 8.75. The number of rotatable bonds is 4. The van der Waals surface area contributed by atoms with Crippen LogP contribution in [0.25, 0.3) is 0 Å². The van der Waals surface area contributed by atoms with Crippen LogP contribution in [0.1, 0.15) is 44.8 Å². The smallest absolute Gasteiger partial charge is 0.200 e. The van der Waals surface area contributed by atoms with Crippen LogP contribution in [-0.2, 0) is 0 Å². The molecule has 1 aromatic heterocycles. The highest BCUT2D eigenvalue weighted by Gasteiger charge is 2.08. The Morgan fingerprint density at radius 3 is 2.77 bits per heavy atom. The van der Waals surface area contributed by atoms with Gasteiger partial charge in [-0.3, -0.25) is 0 Å². The lowest BCUT2D eigenvalue weighted by molar-refractivity contribution is 0.490. The van der Waals surface area contributed by atoms with Gasteiger partial charge in [-0.15, -0.1) is 0 Å². The van der Waals surface area contributed by atoms with Crippen molar-refractivity contribution in [1.82, 2.24) is 9.55 Å². The number of nitrogens with two attached hydrogens (primary N) is 1. The normalized spacial score (nSPS) is 13.2. The van der Waals surface area contributed by atoms with Crippen molar-refractivity contribution in [2.24, 2.45) is 0 Å². The van der Waals surface area contributed by atoms with Gasteiger partial charge in [0.2, 0.25) is 5.95 Å². The van der Waals surface area contributed by atoms with E-state index in [-0.39, 0.29) is 0 Å². The van der Waals surface area contributed by atoms with Crippen molar-refractivity contribution in [3.8, 4) is 0 Å². The number of nitrogen functional groups attached to an aromatic ring is 1. The molecule has 0 fully saturated rings. The second kappa shape index (κ2) is 4.30. The summed E-state index contributed by atoms with van der Waals surface area (Å²) in [4.78, 5) is 4.18. The average molecular weight is 181 g/mol. The van der Waals surface area contributed by atoms with E-state index in [1.165, 1.54) is 19.3 Å². The van der Waals surface area contributed by atoms with E-state index in [0.29, 0.717) is 12.0 Å². The van der Waals surface area contributed by atoms with Gasteiger partial charge in [-0.25, -0.2) is 4.98 Å². The number of anilines is 1. The van der Waals surface area contributed by atoms with Crippen LogP contribution in [0.15, 0.2) is 6.20 Å². The quantitative estimate of drug-likeness (QED) is 0.775. The number of aryl methyl sites for hydroxylation is 1. The fourth-order valence-electron chi connectivity index (χ4n) is 1.53. The summed E-state index contributed by atoms with van der Waals surface area (Å²) in [6.45, 7) is 6.36. The molecule has 0 aliphatic carbocycles. The van der Waals surface area contributed by atoms with E-state index in [0.717, 1.165) is 5.69 Å². The lowest BCUT2D eigenvalue weighted by Crippen LogP contribution is -2.07. The van der Waals surface area contributed by atoms with Crippen molar-refractivity contribution in [2.45, 2.75) is 46.1 Å². The van der Waals surface area contributed by atoms with E-state index in [4.69, 9.17) is 5.73 Å². The molecule has 0 amide bonds. The van der Waals surface area contributed by atoms with Crippen molar-refractivity contribution >= 4 is 5.95 Å². The molecular weight excluding hydrogens is 162 g/mol. The van der Waals surface area contributed by atoms with Gasteiger partial charge >= 0.3 is 0 Å². The monoisotopic (exact) mass is 181 g/mol. The maximum atomic E-state index is 5.77. The van der Waals surface area contributed by atoms with Gasteiger partial charge in [0.25, 0.3) is 0 Å². The lowest BCUT2D eigenvalue weighted by atomic mass is 10.1. The number of aromatic nitrogens is 2. The third-order valence-electron chi connectivity index (χ3n) is 2.33. The predicted octanol–water partition coefficient (Wildman–Crippen LogP) is 2.52. The molecule has 1 atom stereocenters. The summed E-state index contributed by atoms with van der Waals surface area (Å²) >= 11 is 0. The Kier molecular flexibility index (Phi) is 3.34. The molecular formula is C10H19N3. The molecule has 0 bridgehead atoms. The molecule has 1 rings (SSSR count). The second-order valence-electron chi connectivity index (χ2n) is 3.64. The molecule has 0 aliphatic rings. The van der Waals surface area contributed by atoms with Crippen LogP contribution in [-0.4, -0.2) is 9.55 Å². The standard InChI is InChI=1S/C10H19N3/c1-4-5-6-9(3)13-7-8(2)12-10(13)11/h7,9H,4-6H2,1-3H3,(H2,11,12). The molecule has 0 aromatic carbocycles. The highest BCUT2D eigenvalue weighted by molar-refractivity contribution is 5.22. The minimum atomic E-state index is 0.473. The number of hydrogen-bond donors (Lipinski definition) is 1. The molecule has 0 aliphatic heterocycles. The van der Waals surface area contributed by atoms with Crippen LogP contribution in [0.4, 0.5) is 5.95 Å². The van der Waals surface area contributed by atoms with E-state index in [2.05, 4.69) is 23.4 Å². The molecule has 0 saturated heterocycles. The molecule has 0 spiro atoms. The van der Waals surface area contributed by atoms with Gasteiger partial charge in [0.15, 0.2) is 0 Å². The van der Waals surface area contributed by atoms with Crippen LogP contribution < -0.4 is 5.73 Å². The largest absolute Gasteiger partial charge is 0.369 e. The van der Waals surface area contributed by atoms with Crippen LogP contribution in [0, 0.1) is 6.92 Å². The molecule has 0 radical (unpaired) electrons. The summed E-state index contributed by atoms with van der Waals surface area (Å²) in [6.07, 6.45) is 5.68. The van der Waals surface area contributed by atoms with Gasteiger partial charge in [0.05, 0.1) is 5.69 Å². The van der Waals surface area contributed by atoms with E-state index in [9.17, 15) is 0 Å². The molecule has 3 nitrogen and oxygen atoms in total. The maximum Gasteiger partial charge on any atom is 0.200 e. The fraction of sp³-hybridized carbons (Fsp3) is 0.700. The molecule has 74 valence electrons. The van der Waals surface area contributed by atoms with Crippen LogP contribution in [0.5, 0.6) is 0 Å². The predicted molar refractivity (Wildman–Crippen MR) is 55.6 cm³/mol. The summed E-state index contributed by atoms with van der Waals surface area (Å²) in [5.41, 5.74) is 6.77. The summed E-state index contributed by atoms with van der Waals surface area (Å²) in [5, 5.41) is 0. The first kappa shape index (κ1) is 10.1. The Morgan fingerprint density at radius 1 is 1.62 bits per heavy atom. The topological polar surface area (TPSA) is 43.8 Å². The zero-order valence-electron chi connectivity index (χ0n) is 8.75. The summed E-state index contributed by atoms with van der Waals surface area (Å²) in [7, 11) is 0. The fourth-order valence-corrected chi connectivity index (χ4v) is 1.53. The molecule has 1 unspecified atom stereocenters. The molecule has 1 aromatic rings. The summed E-state index contributed by atoms with van der Waals surface area (Å²) in [5.74, 6) is 0.640. The minimum absolute atomic E-state index is 0.473. The molecule has 3 heteroatoms. The number of nitrogens with zero attached hydrogens (tertiary/aromatic N) is 2. The van der Waals surface area contributed by atoms with Crippen molar-refractivity contribution in [1.29, 1.82) is 0 Å². The van der Waals surface area contributed by atoms with Crippen LogP contribution in [0.2, 0.25) is 0 Å². The van der Waals surface area contributed by atoms with Crippen molar-refractivity contribution < 1.29 is 0 Å². The molecule has 0 saturated carbocycles. The van der Waals surface area contributed by atoms with E-state index in [1.807, 2.05) is 13.1 Å². The lowest BCUT2D eigenvalue weighted by Gasteiger charge is -2.13. The zero-order chi connectivity index (χ0) is 9.84. The third-order valence-corrected chi connectivity index (χ3v) is 2.33. The Hall–Kier alpha value is -0.990. The van der Waals surface area contributed by atoms with E-state index >= 15 is 0 Å². The number of unbranched alkanes of at least 4 members (excludes halogenated alkanes) is 1. The number of hydrogen-bond acceptors (Lipinski definition) is 2. The molecule has 2 N–H and O–H groups in total. The summed E-state index contributed by atoms with van der Waals surface area (Å²) < 4.78 is 2.06. The average Bonchev–Trinajstić information content (AvgIpc) is 2.41. The van der Waals surface area contributed by atoms with Gasteiger partial charge in [-0.05, 0) is 20.3 Å².